The summed E-state index contributed by atoms with van der Waals surface area (Å²) in [6.45, 7) is 4.69. The van der Waals surface area contributed by atoms with Crippen molar-refractivity contribution in [1.82, 2.24) is 0 Å². The summed E-state index contributed by atoms with van der Waals surface area (Å²) in [5, 5.41) is 23.0. The molecule has 5 rings (SSSR count). The fourth-order valence-corrected chi connectivity index (χ4v) is 4.59. The summed E-state index contributed by atoms with van der Waals surface area (Å²) in [6, 6.07) is 3.18. The van der Waals surface area contributed by atoms with E-state index in [2.05, 4.69) is 0 Å². The van der Waals surface area contributed by atoms with E-state index in [0.29, 0.717) is 11.3 Å². The Balaban J connectivity index is 1.59. The Morgan fingerprint density at radius 3 is 2.70 bits per heavy atom. The molecule has 10 heteroatoms. The molecule has 4 aliphatic heterocycles. The zero-order chi connectivity index (χ0) is 21.6. The molecule has 1 aromatic rings. The van der Waals surface area contributed by atoms with Crippen LogP contribution in [0.3, 0.4) is 0 Å². The van der Waals surface area contributed by atoms with Crippen molar-refractivity contribution in [3.8, 4) is 5.75 Å². The maximum atomic E-state index is 12.8. The van der Waals surface area contributed by atoms with Crippen molar-refractivity contribution in [3.63, 3.8) is 0 Å². The van der Waals surface area contributed by atoms with Gasteiger partial charge in [-0.1, -0.05) is 0 Å². The number of nitrogens with zero attached hydrogens (tertiary/aromatic N) is 1. The number of carbonyl (C=O) groups is 3. The van der Waals surface area contributed by atoms with Crippen LogP contribution in [-0.4, -0.2) is 59.2 Å². The third-order valence-electron chi connectivity index (χ3n) is 6.05. The third-order valence-corrected chi connectivity index (χ3v) is 6.05. The number of ketones is 1. The van der Waals surface area contributed by atoms with E-state index >= 15 is 0 Å². The van der Waals surface area contributed by atoms with Crippen molar-refractivity contribution in [1.29, 1.82) is 0 Å². The molecule has 2 N–H and O–H groups in total. The highest BCUT2D eigenvalue weighted by molar-refractivity contribution is 5.99. The summed E-state index contributed by atoms with van der Waals surface area (Å²) >= 11 is 0. The second-order valence-electron chi connectivity index (χ2n) is 9.02. The van der Waals surface area contributed by atoms with E-state index in [1.165, 1.54) is 4.90 Å². The molecule has 0 unspecified atom stereocenters. The molecule has 0 amide bonds. The van der Waals surface area contributed by atoms with Crippen LogP contribution in [0.25, 0.3) is 0 Å². The average Bonchev–Trinajstić information content (AvgIpc) is 3.23. The summed E-state index contributed by atoms with van der Waals surface area (Å²) in [5.41, 5.74) is -4.28. The number of Topliss-reactive ketones (excluding diaryl/α,β-unsaturated/α-hetero) is 1. The summed E-state index contributed by atoms with van der Waals surface area (Å²) in [5.74, 6) is -0.949. The Bertz CT molecular complexity index is 999. The number of ether oxygens (including phenoxy) is 4. The van der Waals surface area contributed by atoms with Crippen LogP contribution < -0.4 is 9.64 Å². The molecule has 4 heterocycles. The van der Waals surface area contributed by atoms with E-state index in [9.17, 15) is 24.6 Å². The number of esters is 1. The number of rotatable bonds is 2. The number of hydrogen-bond acceptors (Lipinski definition) is 10. The second-order valence-corrected chi connectivity index (χ2v) is 9.02. The summed E-state index contributed by atoms with van der Waals surface area (Å²) in [6.07, 6.45) is -3.06. The Morgan fingerprint density at radius 1 is 1.27 bits per heavy atom. The number of hydrogen-bond donors (Lipinski definition) is 2. The lowest BCUT2D eigenvalue weighted by Gasteiger charge is -2.41. The normalized spacial score (nSPS) is 33.3. The summed E-state index contributed by atoms with van der Waals surface area (Å²) in [4.78, 5) is 37.9. The molecule has 2 fully saturated rings. The summed E-state index contributed by atoms with van der Waals surface area (Å²) < 4.78 is 21.1. The molecule has 4 aliphatic rings. The molecule has 4 atom stereocenters. The smallest absolute Gasteiger partial charge is 0.485 e. The Kier molecular flexibility index (Phi) is 3.60. The van der Waals surface area contributed by atoms with Gasteiger partial charge >= 0.3 is 12.1 Å². The predicted molar refractivity (Wildman–Crippen MR) is 97.5 cm³/mol. The molecule has 0 radical (unpaired) electrons. The third kappa shape index (κ3) is 2.17. The fraction of sp³-hybridized carbons (Fsp3) is 0.550. The zero-order valence-corrected chi connectivity index (χ0v) is 16.6. The number of fused-ring (bicyclic) bond motifs is 5. The van der Waals surface area contributed by atoms with Crippen LogP contribution in [0, 0.1) is 5.41 Å². The highest BCUT2D eigenvalue weighted by atomic mass is 16.8. The lowest BCUT2D eigenvalue weighted by molar-refractivity contribution is -0.195. The van der Waals surface area contributed by atoms with Gasteiger partial charge in [-0.05, 0) is 38.5 Å². The van der Waals surface area contributed by atoms with Gasteiger partial charge in [-0.3, -0.25) is 9.59 Å². The van der Waals surface area contributed by atoms with Gasteiger partial charge in [0.05, 0.1) is 23.2 Å². The number of carbonyl (C=O) groups excluding carboxylic acids is 3. The molecule has 30 heavy (non-hydrogen) atoms. The predicted octanol–water partition coefficient (Wildman–Crippen LogP) is 0.351. The van der Waals surface area contributed by atoms with E-state index in [1.807, 2.05) is 0 Å². The van der Waals surface area contributed by atoms with E-state index < -0.39 is 53.5 Å². The highest BCUT2D eigenvalue weighted by Gasteiger charge is 2.77. The zero-order valence-electron chi connectivity index (χ0n) is 16.6. The van der Waals surface area contributed by atoms with Gasteiger partial charge < -0.3 is 34.1 Å². The molecular formula is C20H21NO9. The first-order valence-corrected chi connectivity index (χ1v) is 9.58. The molecule has 2 saturated heterocycles. The first-order chi connectivity index (χ1) is 14.0. The van der Waals surface area contributed by atoms with Crippen molar-refractivity contribution in [2.75, 3.05) is 18.1 Å². The van der Waals surface area contributed by atoms with Crippen LogP contribution in [0.5, 0.6) is 5.75 Å². The van der Waals surface area contributed by atoms with E-state index in [0.717, 1.165) is 0 Å². The lowest BCUT2D eigenvalue weighted by atomic mass is 9.78. The Morgan fingerprint density at radius 2 is 2.00 bits per heavy atom. The van der Waals surface area contributed by atoms with Gasteiger partial charge in [0.2, 0.25) is 17.1 Å². The molecular weight excluding hydrogens is 398 g/mol. The molecule has 160 valence electrons. The molecule has 0 aliphatic carbocycles. The molecule has 0 aromatic heterocycles. The quantitative estimate of drug-likeness (QED) is 0.647. The highest BCUT2D eigenvalue weighted by Crippen LogP contribution is 2.60. The minimum Gasteiger partial charge on any atom is -0.485 e. The Hall–Kier alpha value is -2.85. The lowest BCUT2D eigenvalue weighted by Crippen LogP contribution is -2.66. The maximum absolute atomic E-state index is 12.8. The molecule has 0 bridgehead atoms. The van der Waals surface area contributed by atoms with Crippen LogP contribution in [0.1, 0.15) is 31.9 Å². The average molecular weight is 419 g/mol. The SMILES string of the molecule is CC(C)(C)C(=O)OCc1cc2c3c(c1)N1C[C@H]4OC(=O)O[C@H]4[C@@]1(O)[C@@]3(O)C(=O)CO2. The van der Waals surface area contributed by atoms with Gasteiger partial charge in [-0.25, -0.2) is 4.79 Å². The second kappa shape index (κ2) is 5.64. The van der Waals surface area contributed by atoms with Gasteiger partial charge in [-0.15, -0.1) is 0 Å². The minimum atomic E-state index is -2.36. The molecule has 0 spiro atoms. The van der Waals surface area contributed by atoms with Crippen LogP contribution in [0.2, 0.25) is 0 Å². The fourth-order valence-electron chi connectivity index (χ4n) is 4.59. The van der Waals surface area contributed by atoms with Gasteiger partial charge in [0, 0.05) is 0 Å². The first kappa shape index (κ1) is 19.1. The van der Waals surface area contributed by atoms with E-state index in [4.69, 9.17) is 18.9 Å². The molecule has 1 aromatic carbocycles. The number of anilines is 1. The van der Waals surface area contributed by atoms with Crippen LogP contribution >= 0.6 is 0 Å². The van der Waals surface area contributed by atoms with Crippen molar-refractivity contribution < 1.29 is 43.5 Å². The molecule has 10 nitrogen and oxygen atoms in total. The van der Waals surface area contributed by atoms with Crippen molar-refractivity contribution >= 4 is 23.6 Å². The largest absolute Gasteiger partial charge is 0.509 e. The first-order valence-electron chi connectivity index (χ1n) is 9.58. The van der Waals surface area contributed by atoms with Crippen molar-refractivity contribution in [3.05, 3.63) is 23.3 Å². The van der Waals surface area contributed by atoms with Crippen LogP contribution in [0.4, 0.5) is 10.5 Å². The number of aliphatic hydroxyl groups is 2. The standard InChI is InChI=1S/C20H21NO9/c1-18(2,3)16(23)28-7-9-4-10-14-11(5-9)27-8-13(22)19(14,25)20(26)15-12(6-21(10)20)29-17(24)30-15/h4-5,12,15,25-26H,6-8H2,1-3H3/t12-,15-,19-,20-/m1/s1. The Labute approximate surface area is 171 Å². The number of benzene rings is 1. The summed E-state index contributed by atoms with van der Waals surface area (Å²) in [7, 11) is 0. The van der Waals surface area contributed by atoms with Gasteiger partial charge in [-0.2, -0.15) is 0 Å². The van der Waals surface area contributed by atoms with Gasteiger partial charge in [0.25, 0.3) is 0 Å². The van der Waals surface area contributed by atoms with Gasteiger partial charge in [0.1, 0.15) is 12.4 Å². The van der Waals surface area contributed by atoms with Crippen LogP contribution in [-0.2, 0) is 36.0 Å². The van der Waals surface area contributed by atoms with Crippen molar-refractivity contribution in [2.24, 2.45) is 5.41 Å². The minimum absolute atomic E-state index is 0.0141. The van der Waals surface area contributed by atoms with Crippen molar-refractivity contribution in [2.45, 2.75) is 50.9 Å². The van der Waals surface area contributed by atoms with E-state index in [1.54, 1.807) is 32.9 Å². The topological polar surface area (TPSA) is 132 Å². The van der Waals surface area contributed by atoms with Gasteiger partial charge in [0.15, 0.2) is 18.8 Å². The maximum Gasteiger partial charge on any atom is 0.509 e. The molecule has 0 saturated carbocycles. The monoisotopic (exact) mass is 419 g/mol. The van der Waals surface area contributed by atoms with Crippen LogP contribution in [0.15, 0.2) is 12.1 Å². The van der Waals surface area contributed by atoms with E-state index in [-0.39, 0.29) is 24.5 Å².